The molecule has 16 nitrogen and oxygen atoms in total. The predicted molar refractivity (Wildman–Crippen MR) is 114 cm³/mol. The van der Waals surface area contributed by atoms with Crippen LogP contribution < -0.4 is 5.73 Å². The Balaban J connectivity index is 0. The summed E-state index contributed by atoms with van der Waals surface area (Å²) in [5.74, 6) is -6.06. The van der Waals surface area contributed by atoms with Gasteiger partial charge in [-0.2, -0.15) is 0 Å². The van der Waals surface area contributed by atoms with Gasteiger partial charge in [0.05, 0.1) is 6.54 Å². The van der Waals surface area contributed by atoms with E-state index >= 15 is 0 Å². The summed E-state index contributed by atoms with van der Waals surface area (Å²) in [5, 5.41) is 40.8. The van der Waals surface area contributed by atoms with Crippen molar-refractivity contribution in [2.24, 2.45) is 5.73 Å². The molecule has 3 aromatic heterocycles. The molecule has 36 heavy (non-hydrogen) atoms. The molecule has 0 aromatic carbocycles. The van der Waals surface area contributed by atoms with Crippen LogP contribution in [0, 0.1) is 6.92 Å². The Morgan fingerprint density at radius 2 is 1.03 bits per heavy atom. The van der Waals surface area contributed by atoms with Crippen LogP contribution in [-0.4, -0.2) is 73.7 Å². The highest BCUT2D eigenvalue weighted by Gasteiger charge is 2.12. The number of rotatable bonds is 6. The van der Waals surface area contributed by atoms with Gasteiger partial charge < -0.3 is 50.0 Å². The highest BCUT2D eigenvalue weighted by atomic mass is 16.4. The third-order valence-corrected chi connectivity index (χ3v) is 3.11. The zero-order chi connectivity index (χ0) is 27.1. The Morgan fingerprint density at radius 1 is 0.694 bits per heavy atom. The fraction of sp³-hybridized carbons (Fsp3) is 0.100. The molecule has 3 heterocycles. The highest BCUT2D eigenvalue weighted by molar-refractivity contribution is 5.89. The van der Waals surface area contributed by atoms with Crippen LogP contribution in [-0.2, 0) is 4.79 Å². The van der Waals surface area contributed by atoms with Gasteiger partial charge in [-0.25, -0.2) is 19.2 Å². The van der Waals surface area contributed by atoms with E-state index in [4.69, 9.17) is 29.9 Å². The molecule has 0 saturated heterocycles. The van der Waals surface area contributed by atoms with Crippen LogP contribution in [0.1, 0.15) is 58.5 Å². The first-order chi connectivity index (χ1) is 16.3. The second-order valence-corrected chi connectivity index (χ2v) is 5.71. The lowest BCUT2D eigenvalue weighted by Crippen LogP contribution is -2.10. The molecule has 9 N–H and O–H groups in total. The van der Waals surface area contributed by atoms with Gasteiger partial charge in [0, 0.05) is 0 Å². The normalized spacial score (nSPS) is 8.83. The Labute approximate surface area is 200 Å². The molecule has 0 bridgehead atoms. The number of carbonyl (C=O) groups excluding carboxylic acids is 1. The smallest absolute Gasteiger partial charge is 0.371 e. The maximum absolute atomic E-state index is 10.2. The molecule has 0 unspecified atom stereocenters. The predicted octanol–water partition coefficient (Wildman–Crippen LogP) is 0.958. The largest absolute Gasteiger partial charge is 0.480 e. The van der Waals surface area contributed by atoms with Gasteiger partial charge in [0.1, 0.15) is 5.76 Å². The molecular weight excluding hydrogens is 494 g/mol. The highest BCUT2D eigenvalue weighted by Crippen LogP contribution is 2.07. The van der Waals surface area contributed by atoms with Crippen LogP contribution in [0.15, 0.2) is 49.6 Å². The van der Waals surface area contributed by atoms with Crippen LogP contribution in [0.5, 0.6) is 0 Å². The van der Waals surface area contributed by atoms with E-state index in [2.05, 4.69) is 14.6 Å². The summed E-state index contributed by atoms with van der Waals surface area (Å²) in [6.07, 6.45) is 0.451. The van der Waals surface area contributed by atoms with E-state index in [0.717, 1.165) is 12.1 Å². The minimum atomic E-state index is -1.28. The van der Waals surface area contributed by atoms with Crippen molar-refractivity contribution in [1.29, 1.82) is 0 Å². The number of carbonyl (C=O) groups is 6. The van der Waals surface area contributed by atoms with E-state index in [1.165, 1.54) is 18.2 Å². The molecule has 0 aliphatic rings. The lowest BCUT2D eigenvalue weighted by molar-refractivity contribution is -0.135. The standard InChI is InChI=1S/C6H4O5.C6H4O4.C6H6O3.C2H5NO2.H2O/c7-5(8)3-1-2-4(11-3)6(9)10;7-3-4-1-2-5(10-4)6(8)9;1-4-2-3-5(9-4)6(7)8;3-1-2(4)5;/h1-2H,(H,7,8)(H,9,10);1-3H,(H,8,9);2-3H,1H3,(H,7,8);1,3H2,(H,4,5);1H2. The van der Waals surface area contributed by atoms with Gasteiger partial charge in [0.2, 0.25) is 23.0 Å². The number of furan rings is 3. The maximum atomic E-state index is 10.2. The SMILES string of the molecule is Cc1ccc(C(=O)O)o1.NCC(=O)O.O.O=C(O)c1ccc(C(=O)O)o1.O=Cc1ccc(C(=O)O)o1. The quantitative estimate of drug-likeness (QED) is 0.249. The number of aldehydes is 1. The van der Waals surface area contributed by atoms with Crippen LogP contribution in [0.3, 0.4) is 0 Å². The van der Waals surface area contributed by atoms with Gasteiger partial charge in [-0.1, -0.05) is 0 Å². The van der Waals surface area contributed by atoms with Gasteiger partial charge in [-0.05, 0) is 43.3 Å². The molecule has 3 aromatic rings. The summed E-state index contributed by atoms with van der Waals surface area (Å²) in [5.41, 5.74) is 4.57. The second-order valence-electron chi connectivity index (χ2n) is 5.71. The van der Waals surface area contributed by atoms with Gasteiger partial charge >= 0.3 is 29.8 Å². The van der Waals surface area contributed by atoms with Crippen LogP contribution in [0.25, 0.3) is 0 Å². The summed E-state index contributed by atoms with van der Waals surface area (Å²) >= 11 is 0. The zero-order valence-electron chi connectivity index (χ0n) is 18.2. The van der Waals surface area contributed by atoms with E-state index < -0.39 is 29.8 Å². The minimum absolute atomic E-state index is 0. The van der Waals surface area contributed by atoms with Crippen molar-refractivity contribution in [3.05, 3.63) is 71.0 Å². The summed E-state index contributed by atoms with van der Waals surface area (Å²) in [6.45, 7) is 1.42. The number of hydrogen-bond acceptors (Lipinski definition) is 10. The van der Waals surface area contributed by atoms with Gasteiger partial charge in [-0.3, -0.25) is 9.59 Å². The van der Waals surface area contributed by atoms with Crippen molar-refractivity contribution >= 4 is 36.1 Å². The molecule has 0 aliphatic carbocycles. The van der Waals surface area contributed by atoms with E-state index in [1.807, 2.05) is 0 Å². The first kappa shape index (κ1) is 33.0. The maximum Gasteiger partial charge on any atom is 0.371 e. The van der Waals surface area contributed by atoms with E-state index in [1.54, 1.807) is 13.0 Å². The number of aromatic carboxylic acids is 4. The molecule has 0 fully saturated rings. The Morgan fingerprint density at radius 3 is 1.22 bits per heavy atom. The number of hydrogen-bond donors (Lipinski definition) is 6. The van der Waals surface area contributed by atoms with Crippen molar-refractivity contribution in [3.8, 4) is 0 Å². The lowest BCUT2D eigenvalue weighted by atomic mass is 10.4. The van der Waals surface area contributed by atoms with Crippen molar-refractivity contribution in [2.45, 2.75) is 6.92 Å². The summed E-state index contributed by atoms with van der Waals surface area (Å²) in [6, 6.07) is 7.75. The number of aryl methyl sites for hydroxylation is 1. The fourth-order valence-electron chi connectivity index (χ4n) is 1.65. The number of carboxylic acid groups (broad SMARTS) is 5. The van der Waals surface area contributed by atoms with Crippen molar-refractivity contribution in [1.82, 2.24) is 0 Å². The van der Waals surface area contributed by atoms with Crippen molar-refractivity contribution < 1.29 is 73.0 Å². The molecule has 0 saturated carbocycles. The fourth-order valence-corrected chi connectivity index (χ4v) is 1.65. The third kappa shape index (κ3) is 12.7. The van der Waals surface area contributed by atoms with Gasteiger partial charge in [0.25, 0.3) is 0 Å². The van der Waals surface area contributed by atoms with E-state index in [0.29, 0.717) is 12.0 Å². The molecule has 0 amide bonds. The average molecular weight is 515 g/mol. The van der Waals surface area contributed by atoms with Crippen molar-refractivity contribution in [3.63, 3.8) is 0 Å². The number of aliphatic carboxylic acids is 1. The van der Waals surface area contributed by atoms with Crippen LogP contribution in [0.4, 0.5) is 0 Å². The molecule has 0 atom stereocenters. The molecule has 16 heteroatoms. The zero-order valence-corrected chi connectivity index (χ0v) is 18.2. The number of carboxylic acids is 5. The first-order valence-corrected chi connectivity index (χ1v) is 8.88. The molecule has 0 spiro atoms. The minimum Gasteiger partial charge on any atom is -0.480 e. The monoisotopic (exact) mass is 515 g/mol. The molecular formula is C20H21NO15. The van der Waals surface area contributed by atoms with E-state index in [-0.39, 0.29) is 40.8 Å². The second kappa shape index (κ2) is 16.4. The Kier molecular flexibility index (Phi) is 15.0. The summed E-state index contributed by atoms with van der Waals surface area (Å²) in [7, 11) is 0. The lowest BCUT2D eigenvalue weighted by Gasteiger charge is -1.84. The average Bonchev–Trinajstić information content (AvgIpc) is 3.55. The van der Waals surface area contributed by atoms with E-state index in [9.17, 15) is 28.8 Å². The van der Waals surface area contributed by atoms with Gasteiger partial charge in [0.15, 0.2) is 12.0 Å². The Bertz CT molecular complexity index is 1140. The molecule has 3 rings (SSSR count). The van der Waals surface area contributed by atoms with Crippen molar-refractivity contribution in [2.75, 3.05) is 6.54 Å². The number of nitrogens with two attached hydrogens (primary N) is 1. The molecule has 196 valence electrons. The molecule has 0 radical (unpaired) electrons. The molecule has 0 aliphatic heterocycles. The summed E-state index contributed by atoms with van der Waals surface area (Å²) < 4.78 is 13.7. The summed E-state index contributed by atoms with van der Waals surface area (Å²) in [4.78, 5) is 59.7. The topological polar surface area (TPSA) is 301 Å². The van der Waals surface area contributed by atoms with Gasteiger partial charge in [-0.15, -0.1) is 0 Å². The first-order valence-electron chi connectivity index (χ1n) is 8.88. The van der Waals surface area contributed by atoms with Crippen LogP contribution >= 0.6 is 0 Å². The van der Waals surface area contributed by atoms with Crippen LogP contribution in [0.2, 0.25) is 0 Å². The third-order valence-electron chi connectivity index (χ3n) is 3.11. The Hall–Kier alpha value is -5.22.